The van der Waals surface area contributed by atoms with Crippen molar-refractivity contribution in [3.8, 4) is 0 Å². The highest BCUT2D eigenvalue weighted by Crippen LogP contribution is 2.19. The molecule has 0 heterocycles. The quantitative estimate of drug-likeness (QED) is 0.709. The number of hydrogen-bond donors (Lipinski definition) is 2. The van der Waals surface area contributed by atoms with Crippen LogP contribution in [0.2, 0.25) is 5.02 Å². The molecule has 116 valence electrons. The third kappa shape index (κ3) is 5.71. The zero-order valence-corrected chi connectivity index (χ0v) is 12.5. The average Bonchev–Trinajstić information content (AvgIpc) is 2.45. The zero-order valence-electron chi connectivity index (χ0n) is 11.8. The van der Waals surface area contributed by atoms with Crippen LogP contribution in [0.25, 0.3) is 0 Å². The fraction of sp³-hybridized carbons (Fsp3) is 0.429. The van der Waals surface area contributed by atoms with E-state index >= 15 is 0 Å². The van der Waals surface area contributed by atoms with Gasteiger partial charge in [0.1, 0.15) is 6.54 Å². The maximum atomic E-state index is 12.3. The first kappa shape index (κ1) is 17.4. The predicted octanol–water partition coefficient (Wildman–Crippen LogP) is 1.51. The number of nitrogens with two attached hydrogens (primary N) is 1. The summed E-state index contributed by atoms with van der Waals surface area (Å²) in [4.78, 5) is 24.4. The van der Waals surface area contributed by atoms with Crippen molar-refractivity contribution in [1.82, 2.24) is 0 Å². The lowest BCUT2D eigenvalue weighted by atomic mass is 10.1. The zero-order chi connectivity index (χ0) is 15.8. The molecule has 21 heavy (non-hydrogen) atoms. The third-order valence-corrected chi connectivity index (χ3v) is 3.13. The molecular formula is C14H19ClN2O4. The van der Waals surface area contributed by atoms with Crippen LogP contribution in [0.4, 0.5) is 5.69 Å². The van der Waals surface area contributed by atoms with E-state index in [1.807, 2.05) is 0 Å². The number of nitrogens with zero attached hydrogens (tertiary/aromatic N) is 1. The number of halogens is 1. The normalized spacial score (nSPS) is 12.0. The van der Waals surface area contributed by atoms with Gasteiger partial charge in [0, 0.05) is 24.4 Å². The number of ether oxygens (including phenoxy) is 1. The van der Waals surface area contributed by atoms with Gasteiger partial charge in [-0.25, -0.2) is 0 Å². The van der Waals surface area contributed by atoms with E-state index in [1.165, 1.54) is 0 Å². The Kier molecular flexibility index (Phi) is 7.14. The molecule has 0 spiro atoms. The Labute approximate surface area is 128 Å². The molecule has 0 radical (unpaired) electrons. The standard InChI is InChI=1S/C14H19ClN2O4/c1-21-8-2-3-12(16)14(20)17(9-13(18)19)11-6-4-10(15)5-7-11/h4-7,12H,2-3,8-9,16H2,1H3,(H,18,19). The molecule has 0 aliphatic heterocycles. The van der Waals surface area contributed by atoms with Gasteiger partial charge < -0.3 is 15.6 Å². The van der Waals surface area contributed by atoms with Crippen molar-refractivity contribution < 1.29 is 19.4 Å². The maximum absolute atomic E-state index is 12.3. The van der Waals surface area contributed by atoms with Crippen LogP contribution in [0.5, 0.6) is 0 Å². The first-order valence-electron chi connectivity index (χ1n) is 6.49. The van der Waals surface area contributed by atoms with Gasteiger partial charge in [0.15, 0.2) is 0 Å². The summed E-state index contributed by atoms with van der Waals surface area (Å²) in [6.07, 6.45) is 1.06. The van der Waals surface area contributed by atoms with Gasteiger partial charge in [-0.05, 0) is 37.1 Å². The highest BCUT2D eigenvalue weighted by atomic mass is 35.5. The van der Waals surface area contributed by atoms with Crippen LogP contribution in [0.1, 0.15) is 12.8 Å². The van der Waals surface area contributed by atoms with E-state index in [2.05, 4.69) is 0 Å². The Morgan fingerprint density at radius 2 is 2.00 bits per heavy atom. The number of carbonyl (C=O) groups is 2. The predicted molar refractivity (Wildman–Crippen MR) is 80.5 cm³/mol. The Balaban J connectivity index is 2.83. The molecule has 1 amide bonds. The second-order valence-electron chi connectivity index (χ2n) is 4.54. The fourth-order valence-electron chi connectivity index (χ4n) is 1.82. The minimum atomic E-state index is -1.11. The van der Waals surface area contributed by atoms with E-state index < -0.39 is 24.5 Å². The molecule has 7 heteroatoms. The van der Waals surface area contributed by atoms with Crippen molar-refractivity contribution in [2.75, 3.05) is 25.2 Å². The Morgan fingerprint density at radius 1 is 1.38 bits per heavy atom. The molecular weight excluding hydrogens is 296 g/mol. The first-order chi connectivity index (χ1) is 9.95. The number of carboxylic acid groups (broad SMARTS) is 1. The van der Waals surface area contributed by atoms with Crippen LogP contribution < -0.4 is 10.6 Å². The molecule has 1 aromatic carbocycles. The number of benzene rings is 1. The molecule has 1 unspecified atom stereocenters. The van der Waals surface area contributed by atoms with E-state index in [4.69, 9.17) is 27.2 Å². The van der Waals surface area contributed by atoms with E-state index in [0.29, 0.717) is 30.2 Å². The second kappa shape index (κ2) is 8.61. The Hall–Kier alpha value is -1.63. The van der Waals surface area contributed by atoms with Gasteiger partial charge in [-0.2, -0.15) is 0 Å². The van der Waals surface area contributed by atoms with Crippen molar-refractivity contribution in [2.45, 2.75) is 18.9 Å². The van der Waals surface area contributed by atoms with Gasteiger partial charge in [0.2, 0.25) is 5.91 Å². The number of carboxylic acids is 1. The molecule has 3 N–H and O–H groups in total. The molecule has 0 bridgehead atoms. The van der Waals surface area contributed by atoms with Gasteiger partial charge in [-0.15, -0.1) is 0 Å². The topological polar surface area (TPSA) is 92.9 Å². The molecule has 0 saturated carbocycles. The summed E-state index contributed by atoms with van der Waals surface area (Å²) in [5.41, 5.74) is 6.29. The van der Waals surface area contributed by atoms with Crippen molar-refractivity contribution >= 4 is 29.2 Å². The smallest absolute Gasteiger partial charge is 0.323 e. The Morgan fingerprint density at radius 3 is 2.52 bits per heavy atom. The number of hydrogen-bond acceptors (Lipinski definition) is 4. The monoisotopic (exact) mass is 314 g/mol. The van der Waals surface area contributed by atoms with Gasteiger partial charge >= 0.3 is 5.97 Å². The van der Waals surface area contributed by atoms with Crippen LogP contribution in [-0.2, 0) is 14.3 Å². The van der Waals surface area contributed by atoms with E-state index in [1.54, 1.807) is 31.4 Å². The number of amides is 1. The lowest BCUT2D eigenvalue weighted by Crippen LogP contribution is -2.46. The summed E-state index contributed by atoms with van der Waals surface area (Å²) in [7, 11) is 1.57. The van der Waals surface area contributed by atoms with Gasteiger partial charge in [0.25, 0.3) is 0 Å². The Bertz CT molecular complexity index is 478. The van der Waals surface area contributed by atoms with Crippen molar-refractivity contribution in [2.24, 2.45) is 5.73 Å². The lowest BCUT2D eigenvalue weighted by Gasteiger charge is -2.24. The number of rotatable bonds is 8. The number of aliphatic carboxylic acids is 1. The van der Waals surface area contributed by atoms with Crippen LogP contribution in [0, 0.1) is 0 Å². The molecule has 0 aliphatic rings. The van der Waals surface area contributed by atoms with Gasteiger partial charge in [-0.1, -0.05) is 11.6 Å². The van der Waals surface area contributed by atoms with Gasteiger partial charge in [0.05, 0.1) is 6.04 Å². The van der Waals surface area contributed by atoms with Crippen LogP contribution in [0.15, 0.2) is 24.3 Å². The first-order valence-corrected chi connectivity index (χ1v) is 6.86. The number of methoxy groups -OCH3 is 1. The summed E-state index contributed by atoms with van der Waals surface area (Å²) < 4.78 is 4.91. The minimum absolute atomic E-state index is 0.427. The molecule has 0 fully saturated rings. The molecule has 0 aromatic heterocycles. The number of anilines is 1. The molecule has 0 saturated heterocycles. The van der Waals surface area contributed by atoms with Crippen molar-refractivity contribution in [3.63, 3.8) is 0 Å². The molecule has 6 nitrogen and oxygen atoms in total. The van der Waals surface area contributed by atoms with Crippen LogP contribution in [-0.4, -0.2) is 43.3 Å². The fourth-order valence-corrected chi connectivity index (χ4v) is 1.95. The summed E-state index contributed by atoms with van der Waals surface area (Å²) >= 11 is 5.79. The highest BCUT2D eigenvalue weighted by Gasteiger charge is 2.24. The lowest BCUT2D eigenvalue weighted by molar-refractivity contribution is -0.136. The SMILES string of the molecule is COCCCC(N)C(=O)N(CC(=O)O)c1ccc(Cl)cc1. The summed E-state index contributed by atoms with van der Waals surface area (Å²) in [6, 6.07) is 5.59. The number of carbonyl (C=O) groups excluding carboxylic acids is 1. The van der Waals surface area contributed by atoms with Crippen molar-refractivity contribution in [1.29, 1.82) is 0 Å². The average molecular weight is 315 g/mol. The summed E-state index contributed by atoms with van der Waals surface area (Å²) in [6.45, 7) is 0.0549. The van der Waals surface area contributed by atoms with Crippen molar-refractivity contribution in [3.05, 3.63) is 29.3 Å². The summed E-state index contributed by atoms with van der Waals surface area (Å²) in [5, 5.41) is 9.47. The second-order valence-corrected chi connectivity index (χ2v) is 4.97. The van der Waals surface area contributed by atoms with Crippen LogP contribution >= 0.6 is 11.6 Å². The molecule has 1 rings (SSSR count). The van der Waals surface area contributed by atoms with E-state index in [0.717, 1.165) is 4.90 Å². The van der Waals surface area contributed by atoms with E-state index in [-0.39, 0.29) is 0 Å². The highest BCUT2D eigenvalue weighted by molar-refractivity contribution is 6.30. The largest absolute Gasteiger partial charge is 0.480 e. The molecule has 0 aliphatic carbocycles. The van der Waals surface area contributed by atoms with Gasteiger partial charge in [-0.3, -0.25) is 14.5 Å². The maximum Gasteiger partial charge on any atom is 0.323 e. The molecule has 1 atom stereocenters. The van der Waals surface area contributed by atoms with Crippen LogP contribution in [0.3, 0.4) is 0 Å². The van der Waals surface area contributed by atoms with E-state index in [9.17, 15) is 9.59 Å². The molecule has 1 aromatic rings. The summed E-state index contributed by atoms with van der Waals surface area (Å²) in [5.74, 6) is -1.54. The minimum Gasteiger partial charge on any atom is -0.480 e. The third-order valence-electron chi connectivity index (χ3n) is 2.88.